The lowest BCUT2D eigenvalue weighted by Crippen LogP contribution is -2.20. The fourth-order valence-corrected chi connectivity index (χ4v) is 4.72. The quantitative estimate of drug-likeness (QED) is 0.604. The molecule has 0 spiro atoms. The van der Waals surface area contributed by atoms with Gasteiger partial charge in [-0.05, 0) is 56.7 Å². The molecule has 0 saturated carbocycles. The molecule has 5 heteroatoms. The predicted octanol–water partition coefficient (Wildman–Crippen LogP) is 5.14. The van der Waals surface area contributed by atoms with Gasteiger partial charge >= 0.3 is 0 Å². The van der Waals surface area contributed by atoms with Gasteiger partial charge in [0, 0.05) is 16.0 Å². The van der Waals surface area contributed by atoms with Crippen LogP contribution in [0.3, 0.4) is 0 Å². The van der Waals surface area contributed by atoms with E-state index in [-0.39, 0.29) is 0 Å². The van der Waals surface area contributed by atoms with Gasteiger partial charge in [-0.3, -0.25) is 0 Å². The third kappa shape index (κ3) is 3.06. The summed E-state index contributed by atoms with van der Waals surface area (Å²) in [5.74, 6) is 0.608. The van der Waals surface area contributed by atoms with E-state index in [1.807, 2.05) is 0 Å². The molecule has 15 heavy (non-hydrogen) atoms. The molecule has 2 unspecified atom stereocenters. The Hall–Kier alpha value is 1.10. The highest BCUT2D eigenvalue weighted by atomic mass is 79.9. The topological polar surface area (TPSA) is 9.23 Å². The first-order valence-electron chi connectivity index (χ1n) is 4.85. The number of halogens is 3. The van der Waals surface area contributed by atoms with Crippen LogP contribution in [-0.2, 0) is 4.74 Å². The van der Waals surface area contributed by atoms with Crippen LogP contribution < -0.4 is 0 Å². The van der Waals surface area contributed by atoms with Gasteiger partial charge in [0.25, 0.3) is 0 Å². The maximum absolute atomic E-state index is 5.51. The van der Waals surface area contributed by atoms with Crippen molar-refractivity contribution in [3.05, 3.63) is 19.2 Å². The highest BCUT2D eigenvalue weighted by Gasteiger charge is 2.25. The zero-order valence-electron chi connectivity index (χ0n) is 8.01. The van der Waals surface area contributed by atoms with Crippen molar-refractivity contribution >= 4 is 59.1 Å². The maximum atomic E-state index is 5.51. The second-order valence-corrected chi connectivity index (χ2v) is 7.89. The summed E-state index contributed by atoms with van der Waals surface area (Å²) in [7, 11) is 0. The lowest BCUT2D eigenvalue weighted by atomic mass is 9.98. The van der Waals surface area contributed by atoms with E-state index in [4.69, 9.17) is 4.74 Å². The van der Waals surface area contributed by atoms with E-state index < -0.39 is 0 Å². The van der Waals surface area contributed by atoms with Crippen molar-refractivity contribution in [1.29, 1.82) is 0 Å². The van der Waals surface area contributed by atoms with Crippen molar-refractivity contribution in [3.8, 4) is 0 Å². The molecule has 1 saturated heterocycles. The number of hydrogen-bond acceptors (Lipinski definition) is 2. The van der Waals surface area contributed by atoms with Gasteiger partial charge in [-0.1, -0.05) is 15.9 Å². The standard InChI is InChI=1S/C10H11Br3OS/c11-7-4-8(15-10(7)13)9(12)6-2-1-3-14-5-6/h4,6,9H,1-3,5H2. The minimum Gasteiger partial charge on any atom is -0.381 e. The molecular formula is C10H11Br3OS. The molecule has 0 N–H and O–H groups in total. The highest BCUT2D eigenvalue weighted by Crippen LogP contribution is 2.43. The molecule has 1 aromatic rings. The van der Waals surface area contributed by atoms with Crippen molar-refractivity contribution < 1.29 is 4.74 Å². The molecule has 2 atom stereocenters. The largest absolute Gasteiger partial charge is 0.381 e. The molecule has 0 aliphatic carbocycles. The summed E-state index contributed by atoms with van der Waals surface area (Å²) < 4.78 is 7.82. The number of hydrogen-bond donors (Lipinski definition) is 0. The van der Waals surface area contributed by atoms with Crippen molar-refractivity contribution in [3.63, 3.8) is 0 Å². The van der Waals surface area contributed by atoms with Gasteiger partial charge in [0.1, 0.15) is 0 Å². The minimum atomic E-state index is 0.422. The Morgan fingerprint density at radius 3 is 2.80 bits per heavy atom. The minimum absolute atomic E-state index is 0.422. The second-order valence-electron chi connectivity index (χ2n) is 3.65. The van der Waals surface area contributed by atoms with E-state index in [9.17, 15) is 0 Å². The molecule has 1 fully saturated rings. The number of ether oxygens (including phenoxy) is 1. The normalized spacial score (nSPS) is 24.1. The van der Waals surface area contributed by atoms with E-state index in [1.165, 1.54) is 21.5 Å². The van der Waals surface area contributed by atoms with Gasteiger partial charge in [-0.25, -0.2) is 0 Å². The predicted molar refractivity (Wildman–Crippen MR) is 74.9 cm³/mol. The Morgan fingerprint density at radius 1 is 1.47 bits per heavy atom. The van der Waals surface area contributed by atoms with Crippen LogP contribution >= 0.6 is 59.1 Å². The molecule has 84 valence electrons. The van der Waals surface area contributed by atoms with E-state index in [0.29, 0.717) is 10.7 Å². The molecule has 0 aromatic carbocycles. The summed E-state index contributed by atoms with van der Waals surface area (Å²) in [6.45, 7) is 1.80. The number of thiophene rings is 1. The first kappa shape index (κ1) is 12.6. The number of alkyl halides is 1. The first-order chi connectivity index (χ1) is 7.18. The molecular weight excluding hydrogens is 408 g/mol. The Morgan fingerprint density at radius 2 is 2.27 bits per heavy atom. The van der Waals surface area contributed by atoms with Crippen molar-refractivity contribution in [2.75, 3.05) is 13.2 Å². The molecule has 0 radical (unpaired) electrons. The van der Waals surface area contributed by atoms with Gasteiger partial charge in [0.2, 0.25) is 0 Å². The van der Waals surface area contributed by atoms with Crippen LogP contribution in [-0.4, -0.2) is 13.2 Å². The van der Waals surface area contributed by atoms with Gasteiger partial charge in [-0.15, -0.1) is 11.3 Å². The lowest BCUT2D eigenvalue weighted by Gasteiger charge is -2.25. The van der Waals surface area contributed by atoms with Gasteiger partial charge in [0.05, 0.1) is 15.2 Å². The molecule has 2 rings (SSSR count). The average Bonchev–Trinajstić information content (AvgIpc) is 2.59. The summed E-state index contributed by atoms with van der Waals surface area (Å²) in [6, 6.07) is 2.18. The first-order valence-corrected chi connectivity index (χ1v) is 8.17. The third-order valence-corrected chi connectivity index (χ3v) is 7.43. The Balaban J connectivity index is 2.08. The Bertz CT molecular complexity index is 314. The third-order valence-electron chi connectivity index (χ3n) is 2.55. The van der Waals surface area contributed by atoms with Crippen LogP contribution in [0.25, 0.3) is 0 Å². The summed E-state index contributed by atoms with van der Waals surface area (Å²) in [4.78, 5) is 1.79. The summed E-state index contributed by atoms with van der Waals surface area (Å²) in [6.07, 6.45) is 2.43. The van der Waals surface area contributed by atoms with E-state index in [0.717, 1.165) is 17.7 Å². The maximum Gasteiger partial charge on any atom is 0.0843 e. The smallest absolute Gasteiger partial charge is 0.0843 e. The van der Waals surface area contributed by atoms with Crippen molar-refractivity contribution in [2.45, 2.75) is 17.7 Å². The van der Waals surface area contributed by atoms with E-state index in [1.54, 1.807) is 11.3 Å². The summed E-state index contributed by atoms with van der Waals surface area (Å²) in [5.41, 5.74) is 0. The zero-order chi connectivity index (χ0) is 10.8. The molecule has 1 aromatic heterocycles. The van der Waals surface area contributed by atoms with E-state index in [2.05, 4.69) is 53.9 Å². The zero-order valence-corrected chi connectivity index (χ0v) is 13.6. The SMILES string of the molecule is Brc1cc(C(Br)C2CCCOC2)sc1Br. The van der Waals surface area contributed by atoms with Crippen LogP contribution in [0.2, 0.25) is 0 Å². The van der Waals surface area contributed by atoms with Crippen molar-refractivity contribution in [2.24, 2.45) is 5.92 Å². The summed E-state index contributed by atoms with van der Waals surface area (Å²) >= 11 is 12.6. The van der Waals surface area contributed by atoms with Crippen LogP contribution in [0.15, 0.2) is 14.3 Å². The van der Waals surface area contributed by atoms with Crippen LogP contribution in [0, 0.1) is 5.92 Å². The molecule has 2 heterocycles. The van der Waals surface area contributed by atoms with Crippen LogP contribution in [0.5, 0.6) is 0 Å². The Kier molecular flexibility index (Phi) is 4.71. The highest BCUT2D eigenvalue weighted by molar-refractivity contribution is 9.13. The van der Waals surface area contributed by atoms with Crippen LogP contribution in [0.4, 0.5) is 0 Å². The molecule has 1 aliphatic heterocycles. The Labute approximate surface area is 119 Å². The van der Waals surface area contributed by atoms with Crippen LogP contribution in [0.1, 0.15) is 22.5 Å². The fraction of sp³-hybridized carbons (Fsp3) is 0.600. The average molecular weight is 419 g/mol. The molecule has 0 amide bonds. The molecule has 0 bridgehead atoms. The van der Waals surface area contributed by atoms with Gasteiger partial charge in [0.15, 0.2) is 0 Å². The molecule has 1 aliphatic rings. The van der Waals surface area contributed by atoms with Crippen molar-refractivity contribution in [1.82, 2.24) is 0 Å². The van der Waals surface area contributed by atoms with Gasteiger partial charge < -0.3 is 4.74 Å². The lowest BCUT2D eigenvalue weighted by molar-refractivity contribution is 0.0549. The molecule has 1 nitrogen and oxygen atoms in total. The van der Waals surface area contributed by atoms with Gasteiger partial charge in [-0.2, -0.15) is 0 Å². The summed E-state index contributed by atoms with van der Waals surface area (Å²) in [5, 5.41) is 0. The van der Waals surface area contributed by atoms with E-state index >= 15 is 0 Å². The monoisotopic (exact) mass is 416 g/mol. The fourth-order valence-electron chi connectivity index (χ4n) is 1.73. The second kappa shape index (κ2) is 5.63. The number of rotatable bonds is 2.